The van der Waals surface area contributed by atoms with Crippen molar-refractivity contribution in [3.05, 3.63) is 28.0 Å². The van der Waals surface area contributed by atoms with E-state index in [1.165, 1.54) is 4.88 Å². The second-order valence-electron chi connectivity index (χ2n) is 4.92. The van der Waals surface area contributed by atoms with E-state index < -0.39 is 5.97 Å². The lowest BCUT2D eigenvalue weighted by Gasteiger charge is -2.35. The van der Waals surface area contributed by atoms with Gasteiger partial charge in [-0.2, -0.15) is 0 Å². The van der Waals surface area contributed by atoms with Crippen molar-refractivity contribution in [1.82, 2.24) is 4.90 Å². The summed E-state index contributed by atoms with van der Waals surface area (Å²) >= 11 is 1.58. The predicted octanol–water partition coefficient (Wildman–Crippen LogP) is 1.43. The highest BCUT2D eigenvalue weighted by molar-refractivity contribution is 7.12. The largest absolute Gasteiger partial charge is 0.478 e. The third-order valence-corrected chi connectivity index (χ3v) is 4.09. The first-order chi connectivity index (χ1) is 9.56. The molecule has 2 unspecified atom stereocenters. The molecule has 2 heterocycles. The third-order valence-electron chi connectivity index (χ3n) is 3.06. The van der Waals surface area contributed by atoms with Crippen molar-refractivity contribution in [3.8, 4) is 0 Å². The van der Waals surface area contributed by atoms with E-state index in [0.29, 0.717) is 0 Å². The number of aliphatic hydroxyl groups excluding tert-OH is 1. The third kappa shape index (κ3) is 4.42. The molecule has 0 aromatic carbocycles. The second kappa shape index (κ2) is 6.99. The molecule has 1 saturated heterocycles. The van der Waals surface area contributed by atoms with E-state index in [1.807, 2.05) is 19.1 Å². The summed E-state index contributed by atoms with van der Waals surface area (Å²) < 4.78 is 5.61. The molecule has 2 atom stereocenters. The van der Waals surface area contributed by atoms with Crippen LogP contribution in [0, 0.1) is 0 Å². The Balaban J connectivity index is 1.94. The van der Waals surface area contributed by atoms with Crippen molar-refractivity contribution in [2.75, 3.05) is 19.7 Å². The average Bonchev–Trinajstić information content (AvgIpc) is 2.83. The van der Waals surface area contributed by atoms with E-state index in [4.69, 9.17) is 9.84 Å². The van der Waals surface area contributed by atoms with Crippen LogP contribution in [0.5, 0.6) is 0 Å². The van der Waals surface area contributed by atoms with E-state index >= 15 is 0 Å². The topological polar surface area (TPSA) is 70.0 Å². The number of carboxylic acids is 1. The van der Waals surface area contributed by atoms with Crippen molar-refractivity contribution in [1.29, 1.82) is 0 Å². The van der Waals surface area contributed by atoms with Gasteiger partial charge < -0.3 is 14.9 Å². The monoisotopic (exact) mass is 297 g/mol. The average molecular weight is 297 g/mol. The zero-order chi connectivity index (χ0) is 14.5. The van der Waals surface area contributed by atoms with Crippen molar-refractivity contribution < 1.29 is 19.7 Å². The Labute approximate surface area is 122 Å². The number of rotatable bonds is 5. The molecule has 1 aliphatic rings. The fourth-order valence-electron chi connectivity index (χ4n) is 2.31. The Morgan fingerprint density at radius 3 is 3.05 bits per heavy atom. The normalized spacial score (nSPS) is 24.3. The highest BCUT2D eigenvalue weighted by Crippen LogP contribution is 2.21. The minimum Gasteiger partial charge on any atom is -0.478 e. The highest BCUT2D eigenvalue weighted by Gasteiger charge is 2.24. The van der Waals surface area contributed by atoms with Crippen LogP contribution in [-0.2, 0) is 16.1 Å². The summed E-state index contributed by atoms with van der Waals surface area (Å²) in [4.78, 5) is 14.8. The number of nitrogens with zero attached hydrogens (tertiary/aromatic N) is 1. The number of morpholine rings is 1. The molecule has 0 aliphatic carbocycles. The molecule has 6 heteroatoms. The van der Waals surface area contributed by atoms with Gasteiger partial charge in [-0.25, -0.2) is 4.79 Å². The molecule has 0 spiro atoms. The van der Waals surface area contributed by atoms with E-state index in [1.54, 1.807) is 17.4 Å². The van der Waals surface area contributed by atoms with E-state index in [2.05, 4.69) is 4.90 Å². The van der Waals surface area contributed by atoms with Gasteiger partial charge in [0, 0.05) is 35.5 Å². The molecule has 0 bridgehead atoms. The SMILES string of the molecule is CC1CN(Cc2ccc(/C=C/C(=O)O)s2)CC(CO)O1. The lowest BCUT2D eigenvalue weighted by Crippen LogP contribution is -2.47. The summed E-state index contributed by atoms with van der Waals surface area (Å²) in [6, 6.07) is 3.94. The van der Waals surface area contributed by atoms with Crippen LogP contribution >= 0.6 is 11.3 Å². The number of hydrogen-bond donors (Lipinski definition) is 2. The first-order valence-corrected chi connectivity index (χ1v) is 7.37. The van der Waals surface area contributed by atoms with Crippen molar-refractivity contribution >= 4 is 23.4 Å². The fourth-order valence-corrected chi connectivity index (χ4v) is 3.27. The van der Waals surface area contributed by atoms with Gasteiger partial charge in [-0.05, 0) is 25.1 Å². The lowest BCUT2D eigenvalue weighted by atomic mass is 10.2. The van der Waals surface area contributed by atoms with Gasteiger partial charge in [0.1, 0.15) is 0 Å². The highest BCUT2D eigenvalue weighted by atomic mass is 32.1. The molecular weight excluding hydrogens is 278 g/mol. The summed E-state index contributed by atoms with van der Waals surface area (Å²) in [7, 11) is 0. The standard InChI is InChI=1S/C14H19NO4S/c1-10-6-15(7-11(9-16)19-10)8-13-3-2-12(20-13)4-5-14(17)18/h2-5,10-11,16H,6-9H2,1H3,(H,17,18)/b5-4+. The van der Waals surface area contributed by atoms with Gasteiger partial charge >= 0.3 is 5.97 Å². The fraction of sp³-hybridized carbons (Fsp3) is 0.500. The summed E-state index contributed by atoms with van der Waals surface area (Å²) in [6.07, 6.45) is 2.75. The summed E-state index contributed by atoms with van der Waals surface area (Å²) in [5.41, 5.74) is 0. The zero-order valence-electron chi connectivity index (χ0n) is 11.4. The number of ether oxygens (including phenoxy) is 1. The summed E-state index contributed by atoms with van der Waals surface area (Å²) in [6.45, 7) is 4.41. The number of hydrogen-bond acceptors (Lipinski definition) is 5. The van der Waals surface area contributed by atoms with Crippen LogP contribution in [0.3, 0.4) is 0 Å². The second-order valence-corrected chi connectivity index (χ2v) is 6.12. The maximum absolute atomic E-state index is 10.5. The van der Waals surface area contributed by atoms with Gasteiger partial charge in [0.2, 0.25) is 0 Å². The summed E-state index contributed by atoms with van der Waals surface area (Å²) in [5, 5.41) is 17.8. The zero-order valence-corrected chi connectivity index (χ0v) is 12.2. The van der Waals surface area contributed by atoms with Gasteiger partial charge in [0.25, 0.3) is 0 Å². The first kappa shape index (κ1) is 15.2. The molecule has 20 heavy (non-hydrogen) atoms. The van der Waals surface area contributed by atoms with Crippen LogP contribution in [0.25, 0.3) is 6.08 Å². The van der Waals surface area contributed by atoms with E-state index in [-0.39, 0.29) is 18.8 Å². The number of aliphatic carboxylic acids is 1. The van der Waals surface area contributed by atoms with Gasteiger partial charge in [-0.1, -0.05) is 0 Å². The Bertz CT molecular complexity index is 485. The lowest BCUT2D eigenvalue weighted by molar-refractivity contribution is -0.131. The minimum atomic E-state index is -0.937. The molecular formula is C14H19NO4S. The smallest absolute Gasteiger partial charge is 0.328 e. The molecule has 2 N–H and O–H groups in total. The van der Waals surface area contributed by atoms with Gasteiger partial charge in [-0.15, -0.1) is 11.3 Å². The molecule has 0 saturated carbocycles. The summed E-state index contributed by atoms with van der Waals surface area (Å²) in [5.74, 6) is -0.937. The molecule has 1 fully saturated rings. The molecule has 0 radical (unpaired) electrons. The first-order valence-electron chi connectivity index (χ1n) is 6.55. The number of carbonyl (C=O) groups is 1. The van der Waals surface area contributed by atoms with Crippen LogP contribution < -0.4 is 0 Å². The molecule has 0 amide bonds. The molecule has 5 nitrogen and oxygen atoms in total. The molecule has 110 valence electrons. The van der Waals surface area contributed by atoms with Crippen LogP contribution in [0.15, 0.2) is 18.2 Å². The van der Waals surface area contributed by atoms with Gasteiger partial charge in [-0.3, -0.25) is 4.90 Å². The molecule has 1 aromatic heterocycles. The molecule has 1 aromatic rings. The molecule has 1 aliphatic heterocycles. The van der Waals surface area contributed by atoms with Crippen LogP contribution in [0.1, 0.15) is 16.7 Å². The van der Waals surface area contributed by atoms with E-state index in [0.717, 1.165) is 30.6 Å². The maximum atomic E-state index is 10.5. The van der Waals surface area contributed by atoms with E-state index in [9.17, 15) is 9.90 Å². The number of aliphatic hydroxyl groups is 1. The van der Waals surface area contributed by atoms with Crippen LogP contribution in [-0.4, -0.2) is 53.0 Å². The Hall–Kier alpha value is -1.21. The van der Waals surface area contributed by atoms with Crippen LogP contribution in [0.2, 0.25) is 0 Å². The molecule has 2 rings (SSSR count). The predicted molar refractivity (Wildman–Crippen MR) is 77.7 cm³/mol. The van der Waals surface area contributed by atoms with Crippen molar-refractivity contribution in [2.24, 2.45) is 0 Å². The van der Waals surface area contributed by atoms with Crippen molar-refractivity contribution in [3.63, 3.8) is 0 Å². The Morgan fingerprint density at radius 2 is 2.35 bits per heavy atom. The quantitative estimate of drug-likeness (QED) is 0.805. The van der Waals surface area contributed by atoms with Crippen LogP contribution in [0.4, 0.5) is 0 Å². The minimum absolute atomic E-state index is 0.0396. The van der Waals surface area contributed by atoms with Gasteiger partial charge in [0.15, 0.2) is 0 Å². The Kier molecular flexibility index (Phi) is 5.31. The van der Waals surface area contributed by atoms with Gasteiger partial charge in [0.05, 0.1) is 18.8 Å². The maximum Gasteiger partial charge on any atom is 0.328 e. The Morgan fingerprint density at radius 1 is 1.55 bits per heavy atom. The number of carboxylic acid groups (broad SMARTS) is 1. The van der Waals surface area contributed by atoms with Crippen molar-refractivity contribution in [2.45, 2.75) is 25.7 Å². The number of thiophene rings is 1.